The van der Waals surface area contributed by atoms with Crippen LogP contribution in [0.3, 0.4) is 0 Å². The molecule has 1 N–H and O–H groups in total. The van der Waals surface area contributed by atoms with Gasteiger partial charge < -0.3 is 9.73 Å². The minimum absolute atomic E-state index is 0.0248. The van der Waals surface area contributed by atoms with E-state index in [2.05, 4.69) is 5.32 Å². The van der Waals surface area contributed by atoms with E-state index in [-0.39, 0.29) is 11.8 Å². The average Bonchev–Trinajstić information content (AvgIpc) is 2.86. The summed E-state index contributed by atoms with van der Waals surface area (Å²) in [5.74, 6) is 1.91. The topological polar surface area (TPSA) is 59.3 Å². The summed E-state index contributed by atoms with van der Waals surface area (Å²) in [5.41, 5.74) is 0.868. The molecule has 0 aliphatic heterocycles. The van der Waals surface area contributed by atoms with Crippen molar-refractivity contribution in [3.05, 3.63) is 47.9 Å². The summed E-state index contributed by atoms with van der Waals surface area (Å²) < 4.78 is 29.5. The summed E-state index contributed by atoms with van der Waals surface area (Å²) in [6, 6.07) is 10.8. The van der Waals surface area contributed by atoms with Crippen LogP contribution in [0.2, 0.25) is 0 Å². The number of hydrogen-bond donors (Lipinski definition) is 1. The number of anilines is 1. The molecule has 0 aliphatic carbocycles. The summed E-state index contributed by atoms with van der Waals surface area (Å²) in [5, 5.41) is 3.29. The van der Waals surface area contributed by atoms with Crippen molar-refractivity contribution in [1.29, 1.82) is 0 Å². The van der Waals surface area contributed by atoms with Gasteiger partial charge in [0.1, 0.15) is 11.5 Å². The summed E-state index contributed by atoms with van der Waals surface area (Å²) in [6.07, 6.45) is 0.622. The van der Waals surface area contributed by atoms with E-state index in [0.717, 1.165) is 17.2 Å². The first kappa shape index (κ1) is 15.6. The third kappa shape index (κ3) is 3.88. The Labute approximate surface area is 126 Å². The summed E-state index contributed by atoms with van der Waals surface area (Å²) >= 11 is 0. The smallest absolute Gasteiger partial charge is 0.178 e. The van der Waals surface area contributed by atoms with Crippen LogP contribution in [0.4, 0.5) is 5.69 Å². The second kappa shape index (κ2) is 6.35. The van der Waals surface area contributed by atoms with E-state index >= 15 is 0 Å². The van der Waals surface area contributed by atoms with Crippen molar-refractivity contribution in [3.8, 4) is 0 Å². The second-order valence-electron chi connectivity index (χ2n) is 5.16. The molecule has 0 radical (unpaired) electrons. The van der Waals surface area contributed by atoms with E-state index in [4.69, 9.17) is 4.42 Å². The van der Waals surface area contributed by atoms with E-state index < -0.39 is 9.84 Å². The van der Waals surface area contributed by atoms with Crippen LogP contribution in [0.15, 0.2) is 45.7 Å². The van der Waals surface area contributed by atoms with Crippen molar-refractivity contribution in [2.45, 2.75) is 38.1 Å². The number of nitrogens with one attached hydrogen (secondary N) is 1. The number of benzene rings is 1. The van der Waals surface area contributed by atoms with Gasteiger partial charge in [0.25, 0.3) is 0 Å². The van der Waals surface area contributed by atoms with Crippen LogP contribution in [0, 0.1) is 6.92 Å². The minimum Gasteiger partial charge on any atom is -0.464 e. The Hall–Kier alpha value is -1.75. The van der Waals surface area contributed by atoms with Gasteiger partial charge in [0.05, 0.1) is 16.7 Å². The predicted octanol–water partition coefficient (Wildman–Crippen LogP) is 3.94. The number of hydrogen-bond acceptors (Lipinski definition) is 4. The van der Waals surface area contributed by atoms with Gasteiger partial charge in [-0.25, -0.2) is 8.42 Å². The van der Waals surface area contributed by atoms with E-state index in [0.29, 0.717) is 11.3 Å². The molecule has 1 unspecified atom stereocenters. The lowest BCUT2D eigenvalue weighted by Crippen LogP contribution is -2.07. The van der Waals surface area contributed by atoms with E-state index in [9.17, 15) is 8.42 Å². The maximum absolute atomic E-state index is 12.0. The first-order chi connectivity index (χ1) is 9.92. The molecule has 1 aromatic heterocycles. The fraction of sp³-hybridized carbons (Fsp3) is 0.375. The summed E-state index contributed by atoms with van der Waals surface area (Å²) in [4.78, 5) is 0.372. The van der Waals surface area contributed by atoms with Crippen LogP contribution in [0.5, 0.6) is 0 Å². The van der Waals surface area contributed by atoms with E-state index in [1.54, 1.807) is 24.3 Å². The molecule has 0 saturated carbocycles. The third-order valence-electron chi connectivity index (χ3n) is 3.26. The Balaban J connectivity index is 2.09. The highest BCUT2D eigenvalue weighted by Gasteiger charge is 2.13. The predicted molar refractivity (Wildman–Crippen MR) is 84.3 cm³/mol. The molecule has 1 heterocycles. The lowest BCUT2D eigenvalue weighted by atomic mass is 10.2. The minimum atomic E-state index is -3.15. The van der Waals surface area contributed by atoms with Crippen LogP contribution in [0.25, 0.3) is 0 Å². The third-order valence-corrected chi connectivity index (χ3v) is 5.19. The average molecular weight is 307 g/mol. The Morgan fingerprint density at radius 1 is 1.14 bits per heavy atom. The summed E-state index contributed by atoms with van der Waals surface area (Å²) in [6.45, 7) is 5.77. The van der Waals surface area contributed by atoms with Gasteiger partial charge in [-0.1, -0.05) is 6.92 Å². The molecule has 0 fully saturated rings. The molecule has 0 saturated heterocycles. The molecule has 114 valence electrons. The van der Waals surface area contributed by atoms with Crippen LogP contribution in [-0.2, 0) is 9.84 Å². The van der Waals surface area contributed by atoms with Crippen molar-refractivity contribution >= 4 is 15.5 Å². The SMILES string of the molecule is CCCS(=O)(=O)c1ccc(NC(C)c2ccc(C)o2)cc1. The van der Waals surface area contributed by atoms with Gasteiger partial charge in [-0.05, 0) is 56.7 Å². The Bertz CT molecular complexity index is 687. The Kier molecular flexibility index (Phi) is 4.73. The number of furan rings is 1. The fourth-order valence-electron chi connectivity index (χ4n) is 2.15. The van der Waals surface area contributed by atoms with Gasteiger partial charge in [0.2, 0.25) is 0 Å². The molecule has 5 heteroatoms. The van der Waals surface area contributed by atoms with Gasteiger partial charge in [-0.2, -0.15) is 0 Å². The van der Waals surface area contributed by atoms with Gasteiger partial charge in [0, 0.05) is 5.69 Å². The molecular weight excluding hydrogens is 286 g/mol. The molecule has 1 atom stereocenters. The first-order valence-corrected chi connectivity index (χ1v) is 8.73. The standard InChI is InChI=1S/C16H21NO3S/c1-4-11-21(18,19)15-8-6-14(7-9-15)17-13(3)16-10-5-12(2)20-16/h5-10,13,17H,4,11H2,1-3H3. The number of sulfone groups is 1. The molecular formula is C16H21NO3S. The monoisotopic (exact) mass is 307 g/mol. The van der Waals surface area contributed by atoms with Gasteiger partial charge in [-0.15, -0.1) is 0 Å². The Morgan fingerprint density at radius 2 is 1.81 bits per heavy atom. The molecule has 21 heavy (non-hydrogen) atoms. The second-order valence-corrected chi connectivity index (χ2v) is 7.27. The molecule has 0 amide bonds. The number of aryl methyl sites for hydroxylation is 1. The first-order valence-electron chi connectivity index (χ1n) is 7.08. The molecule has 0 spiro atoms. The highest BCUT2D eigenvalue weighted by molar-refractivity contribution is 7.91. The molecule has 2 aromatic rings. The van der Waals surface area contributed by atoms with Crippen molar-refractivity contribution in [1.82, 2.24) is 0 Å². The van der Waals surface area contributed by atoms with Crippen molar-refractivity contribution in [2.75, 3.05) is 11.1 Å². The maximum atomic E-state index is 12.0. The molecule has 0 bridgehead atoms. The van der Waals surface area contributed by atoms with Gasteiger partial charge in [0.15, 0.2) is 9.84 Å². The van der Waals surface area contributed by atoms with Gasteiger partial charge >= 0.3 is 0 Å². The number of rotatable bonds is 6. The van der Waals surface area contributed by atoms with Gasteiger partial charge in [-0.3, -0.25) is 0 Å². The van der Waals surface area contributed by atoms with Crippen LogP contribution in [0.1, 0.15) is 37.8 Å². The largest absolute Gasteiger partial charge is 0.464 e. The van der Waals surface area contributed by atoms with Crippen molar-refractivity contribution in [3.63, 3.8) is 0 Å². The maximum Gasteiger partial charge on any atom is 0.178 e. The zero-order valence-electron chi connectivity index (χ0n) is 12.6. The summed E-state index contributed by atoms with van der Waals surface area (Å²) in [7, 11) is -3.15. The van der Waals surface area contributed by atoms with Crippen LogP contribution < -0.4 is 5.32 Å². The van der Waals surface area contributed by atoms with Crippen LogP contribution in [-0.4, -0.2) is 14.2 Å². The van der Waals surface area contributed by atoms with E-state index in [1.807, 2.05) is 32.9 Å². The fourth-order valence-corrected chi connectivity index (χ4v) is 3.48. The zero-order valence-corrected chi connectivity index (χ0v) is 13.4. The quantitative estimate of drug-likeness (QED) is 0.878. The zero-order chi connectivity index (χ0) is 15.5. The van der Waals surface area contributed by atoms with E-state index in [1.165, 1.54) is 0 Å². The highest BCUT2D eigenvalue weighted by atomic mass is 32.2. The molecule has 2 rings (SSSR count). The molecule has 0 aliphatic rings. The lowest BCUT2D eigenvalue weighted by Gasteiger charge is -2.13. The molecule has 4 nitrogen and oxygen atoms in total. The lowest BCUT2D eigenvalue weighted by molar-refractivity contribution is 0.467. The molecule has 1 aromatic carbocycles. The highest BCUT2D eigenvalue weighted by Crippen LogP contribution is 2.22. The normalized spacial score (nSPS) is 13.1. The Morgan fingerprint density at radius 3 is 2.33 bits per heavy atom. The van der Waals surface area contributed by atoms with Crippen molar-refractivity contribution < 1.29 is 12.8 Å². The van der Waals surface area contributed by atoms with Crippen LogP contribution >= 0.6 is 0 Å². The van der Waals surface area contributed by atoms with Crippen molar-refractivity contribution in [2.24, 2.45) is 0 Å².